The zero-order valence-electron chi connectivity index (χ0n) is 3.32. The molecule has 0 unspecified atom stereocenters. The molecule has 31 valence electrons. The minimum absolute atomic E-state index is 0.741. The van der Waals surface area contributed by atoms with E-state index in [1.165, 1.54) is 13.0 Å². The number of methoxy groups -OCH3 is 1. The van der Waals surface area contributed by atoms with E-state index in [-0.39, 0.29) is 0 Å². The van der Waals surface area contributed by atoms with Crippen molar-refractivity contribution in [3.8, 4) is 5.92 Å². The third-order valence-electron chi connectivity index (χ3n) is 0.287. The topological polar surface area (TPSA) is 26.3 Å². The Morgan fingerprint density at radius 2 is 2.50 bits per heavy atom. The first-order valence-electron chi connectivity index (χ1n) is 1.32. The van der Waals surface area contributed by atoms with Gasteiger partial charge in [-0.2, -0.15) is 0 Å². The van der Waals surface area contributed by atoms with Gasteiger partial charge >= 0.3 is 5.97 Å². The van der Waals surface area contributed by atoms with Crippen molar-refractivity contribution in [2.75, 3.05) is 7.11 Å². The molecule has 0 aromatic carbocycles. The van der Waals surface area contributed by atoms with E-state index in [0.717, 1.165) is 0 Å². The highest BCUT2D eigenvalue weighted by atomic mass is 16.5. The summed E-state index contributed by atoms with van der Waals surface area (Å²) in [4.78, 5) is 9.66. The summed E-state index contributed by atoms with van der Waals surface area (Å²) in [6, 6.07) is 0. The molecule has 0 spiro atoms. The lowest BCUT2D eigenvalue weighted by atomic mass is 10.7. The number of esters is 1. The van der Waals surface area contributed by atoms with E-state index in [0.29, 0.717) is 0 Å². The minimum Gasteiger partial charge on any atom is -0.459 e. The molecule has 0 heterocycles. The summed E-state index contributed by atoms with van der Waals surface area (Å²) in [7, 11) is 1.20. The molecule has 0 bridgehead atoms. The van der Waals surface area contributed by atoms with Crippen LogP contribution in [0.2, 0.25) is 0 Å². The van der Waals surface area contributed by atoms with Crippen LogP contribution in [0.25, 0.3) is 0 Å². The van der Waals surface area contributed by atoms with Crippen LogP contribution < -0.4 is 0 Å². The molecule has 0 aromatic rings. The molecular formula is C4H3O2. The first-order valence-corrected chi connectivity index (χ1v) is 1.32. The summed E-state index contributed by atoms with van der Waals surface area (Å²) >= 11 is 0. The fourth-order valence-corrected chi connectivity index (χ4v) is 0.0510. The molecule has 1 radical (unpaired) electrons. The summed E-state index contributed by atoms with van der Waals surface area (Å²) in [5.74, 6) is 0.763. The largest absolute Gasteiger partial charge is 0.459 e. The van der Waals surface area contributed by atoms with E-state index in [4.69, 9.17) is 6.42 Å². The summed E-state index contributed by atoms with van der Waals surface area (Å²) in [5, 5.41) is 0. The molecule has 2 heteroatoms. The van der Waals surface area contributed by atoms with Gasteiger partial charge in [-0.05, 0) is 6.42 Å². The van der Waals surface area contributed by atoms with Crippen LogP contribution >= 0.6 is 0 Å². The summed E-state index contributed by atoms with van der Waals surface area (Å²) < 4.78 is 3.96. The highest BCUT2D eigenvalue weighted by Crippen LogP contribution is 1.61. The van der Waals surface area contributed by atoms with Crippen molar-refractivity contribution < 1.29 is 9.53 Å². The molecule has 0 saturated carbocycles. The second-order valence-electron chi connectivity index (χ2n) is 0.617. The lowest BCUT2D eigenvalue weighted by Gasteiger charge is -1.79. The van der Waals surface area contributed by atoms with Crippen molar-refractivity contribution >= 4 is 5.97 Å². The lowest BCUT2D eigenvalue weighted by Crippen LogP contribution is -1.92. The first kappa shape index (κ1) is 5.03. The van der Waals surface area contributed by atoms with Gasteiger partial charge in [0.25, 0.3) is 0 Å². The van der Waals surface area contributed by atoms with Gasteiger partial charge in [-0.25, -0.2) is 4.79 Å². The summed E-state index contributed by atoms with van der Waals surface area (Å²) in [6.07, 6.45) is 6.08. The highest BCUT2D eigenvalue weighted by molar-refractivity contribution is 5.86. The highest BCUT2D eigenvalue weighted by Gasteiger charge is 1.83. The Balaban J connectivity index is 3.33. The molecule has 6 heavy (non-hydrogen) atoms. The van der Waals surface area contributed by atoms with Crippen LogP contribution in [0.15, 0.2) is 0 Å². The lowest BCUT2D eigenvalue weighted by molar-refractivity contribution is -0.133. The molecule has 0 N–H and O–H groups in total. The molecule has 0 aliphatic rings. The average molecular weight is 83.1 g/mol. The second kappa shape index (κ2) is 2.28. The number of ether oxygens (including phenoxy) is 1. The zero-order valence-corrected chi connectivity index (χ0v) is 3.32. The summed E-state index contributed by atoms with van der Waals surface area (Å²) in [5.41, 5.74) is 0. The van der Waals surface area contributed by atoms with E-state index in [2.05, 4.69) is 4.74 Å². The zero-order chi connectivity index (χ0) is 4.99. The molecule has 0 rings (SSSR count). The minimum atomic E-state index is -0.741. The maximum atomic E-state index is 9.66. The maximum absolute atomic E-state index is 9.66. The molecule has 0 aliphatic heterocycles. The van der Waals surface area contributed by atoms with E-state index < -0.39 is 5.97 Å². The number of rotatable bonds is 0. The Morgan fingerprint density at radius 3 is 2.50 bits per heavy atom. The van der Waals surface area contributed by atoms with Crippen LogP contribution in [0.5, 0.6) is 0 Å². The van der Waals surface area contributed by atoms with Gasteiger partial charge in [0.2, 0.25) is 0 Å². The van der Waals surface area contributed by atoms with Gasteiger partial charge in [-0.15, -0.1) is 0 Å². The number of carbonyl (C=O) groups is 1. The normalized spacial score (nSPS) is 6.00. The van der Waals surface area contributed by atoms with Gasteiger partial charge in [-0.1, -0.05) is 0 Å². The number of hydrogen-bond donors (Lipinski definition) is 0. The Morgan fingerprint density at radius 1 is 2.00 bits per heavy atom. The van der Waals surface area contributed by atoms with Crippen LogP contribution in [0.4, 0.5) is 0 Å². The van der Waals surface area contributed by atoms with Crippen LogP contribution in [0.3, 0.4) is 0 Å². The van der Waals surface area contributed by atoms with E-state index >= 15 is 0 Å². The number of hydrogen-bond acceptors (Lipinski definition) is 2. The van der Waals surface area contributed by atoms with Crippen LogP contribution in [0.1, 0.15) is 0 Å². The van der Waals surface area contributed by atoms with Crippen molar-refractivity contribution in [1.29, 1.82) is 0 Å². The third kappa shape index (κ3) is 1.36. The molecule has 0 amide bonds. The SMILES string of the molecule is [C]#CC(=O)OC. The second-order valence-corrected chi connectivity index (χ2v) is 0.617. The molecule has 0 saturated heterocycles. The van der Waals surface area contributed by atoms with Crippen molar-refractivity contribution in [3.63, 3.8) is 0 Å². The number of carbonyl (C=O) groups excluding carboxylic acids is 1. The van der Waals surface area contributed by atoms with Crippen molar-refractivity contribution in [2.45, 2.75) is 0 Å². The predicted octanol–water partition coefficient (Wildman–Crippen LogP) is -0.251. The average Bonchev–Trinajstić information content (AvgIpc) is 1.65. The van der Waals surface area contributed by atoms with Crippen molar-refractivity contribution in [3.05, 3.63) is 6.42 Å². The van der Waals surface area contributed by atoms with Gasteiger partial charge < -0.3 is 4.74 Å². The van der Waals surface area contributed by atoms with Crippen molar-refractivity contribution in [2.24, 2.45) is 0 Å². The Bertz CT molecular complexity index is 88.2. The van der Waals surface area contributed by atoms with Gasteiger partial charge in [-0.3, -0.25) is 0 Å². The fourth-order valence-electron chi connectivity index (χ4n) is 0.0510. The van der Waals surface area contributed by atoms with Crippen LogP contribution in [-0.2, 0) is 9.53 Å². The Kier molecular flexibility index (Phi) is 1.91. The first-order chi connectivity index (χ1) is 2.81. The molecule has 2 nitrogen and oxygen atoms in total. The van der Waals surface area contributed by atoms with Gasteiger partial charge in [0, 0.05) is 5.92 Å². The maximum Gasteiger partial charge on any atom is 0.385 e. The van der Waals surface area contributed by atoms with E-state index in [1.54, 1.807) is 0 Å². The molecule has 0 fully saturated rings. The fraction of sp³-hybridized carbons (Fsp3) is 0.250. The molecule has 0 atom stereocenters. The molecule has 0 aromatic heterocycles. The molecular weight excluding hydrogens is 80.0 g/mol. The van der Waals surface area contributed by atoms with Gasteiger partial charge in [0.1, 0.15) is 0 Å². The van der Waals surface area contributed by atoms with Crippen LogP contribution in [0, 0.1) is 12.3 Å². The predicted molar refractivity (Wildman–Crippen MR) is 19.1 cm³/mol. The quantitative estimate of drug-likeness (QED) is 0.298. The summed E-state index contributed by atoms with van der Waals surface area (Å²) in [6.45, 7) is 0. The van der Waals surface area contributed by atoms with Gasteiger partial charge in [0.05, 0.1) is 7.11 Å². The molecule has 0 aliphatic carbocycles. The third-order valence-corrected chi connectivity index (χ3v) is 0.287. The van der Waals surface area contributed by atoms with E-state index in [1.807, 2.05) is 0 Å². The smallest absolute Gasteiger partial charge is 0.385 e. The Hall–Kier alpha value is -0.970. The monoisotopic (exact) mass is 83.0 g/mol. The van der Waals surface area contributed by atoms with Crippen LogP contribution in [-0.4, -0.2) is 13.1 Å². The standard InChI is InChI=1S/C4H3O2/c1-3-4(5)6-2/h2H3. The van der Waals surface area contributed by atoms with Crippen molar-refractivity contribution in [1.82, 2.24) is 0 Å². The Labute approximate surface area is 36.1 Å². The van der Waals surface area contributed by atoms with E-state index in [9.17, 15) is 4.79 Å². The van der Waals surface area contributed by atoms with Gasteiger partial charge in [0.15, 0.2) is 0 Å².